The predicted octanol–water partition coefficient (Wildman–Crippen LogP) is 6.33. The Bertz CT molecular complexity index is 1990. The molecule has 0 fully saturated rings. The van der Waals surface area contributed by atoms with E-state index >= 15 is 0 Å². The maximum Gasteiger partial charge on any atom is 0.250 e. The summed E-state index contributed by atoms with van der Waals surface area (Å²) in [7, 11) is 4.68. The molecule has 11 heteroatoms. The molecule has 0 aliphatic rings. The van der Waals surface area contributed by atoms with Gasteiger partial charge < -0.3 is 18.8 Å². The van der Waals surface area contributed by atoms with Crippen molar-refractivity contribution in [3.8, 4) is 34.3 Å². The van der Waals surface area contributed by atoms with Gasteiger partial charge in [-0.3, -0.25) is 9.36 Å². The molecule has 0 aliphatic heterocycles. The van der Waals surface area contributed by atoms with E-state index in [9.17, 15) is 4.79 Å². The molecule has 0 saturated heterocycles. The summed E-state index contributed by atoms with van der Waals surface area (Å²) in [4.78, 5) is 12.8. The van der Waals surface area contributed by atoms with Gasteiger partial charge in [0.15, 0.2) is 22.5 Å². The molecule has 6 rings (SSSR count). The van der Waals surface area contributed by atoms with Gasteiger partial charge in [0.1, 0.15) is 0 Å². The first-order chi connectivity index (χ1) is 22.1. The largest absolute Gasteiger partial charge is 0.493 e. The molecular formula is C34H32N6O4S. The number of aryl methyl sites for hydroxylation is 1. The number of methoxy groups -OCH3 is 3. The third-order valence-electron chi connectivity index (χ3n) is 7.42. The fourth-order valence-electron chi connectivity index (χ4n) is 5.40. The number of para-hydroxylation sites is 2. The van der Waals surface area contributed by atoms with Crippen molar-refractivity contribution in [3.05, 3.63) is 90.5 Å². The number of hydrazone groups is 1. The van der Waals surface area contributed by atoms with Crippen LogP contribution in [0.5, 0.6) is 17.2 Å². The Hall–Kier alpha value is -5.29. The highest BCUT2D eigenvalue weighted by Crippen LogP contribution is 2.41. The molecule has 2 heterocycles. The Labute approximate surface area is 264 Å². The molecule has 6 aromatic rings. The van der Waals surface area contributed by atoms with Crippen LogP contribution in [-0.4, -0.2) is 58.5 Å². The van der Waals surface area contributed by atoms with Gasteiger partial charge in [-0.1, -0.05) is 54.2 Å². The molecule has 10 nitrogen and oxygen atoms in total. The first-order valence-corrected chi connectivity index (χ1v) is 15.3. The van der Waals surface area contributed by atoms with Crippen LogP contribution in [0.4, 0.5) is 0 Å². The fourth-order valence-corrected chi connectivity index (χ4v) is 6.15. The summed E-state index contributed by atoms with van der Waals surface area (Å²) in [6, 6.07) is 27.9. The summed E-state index contributed by atoms with van der Waals surface area (Å²) in [5, 5.41) is 16.0. The van der Waals surface area contributed by atoms with Crippen LogP contribution in [0.15, 0.2) is 95.2 Å². The van der Waals surface area contributed by atoms with E-state index in [0.29, 0.717) is 33.8 Å². The molecular weight excluding hydrogens is 588 g/mol. The summed E-state index contributed by atoms with van der Waals surface area (Å²) < 4.78 is 20.8. The number of fused-ring (bicyclic) bond motifs is 3. The van der Waals surface area contributed by atoms with E-state index in [4.69, 9.17) is 14.2 Å². The van der Waals surface area contributed by atoms with Crippen LogP contribution < -0.4 is 19.6 Å². The number of carbonyl (C=O) groups excluding carboxylic acids is 1. The van der Waals surface area contributed by atoms with Crippen LogP contribution in [0, 0.1) is 0 Å². The predicted molar refractivity (Wildman–Crippen MR) is 178 cm³/mol. The summed E-state index contributed by atoms with van der Waals surface area (Å²) in [6.07, 6.45) is 1.66. The molecule has 0 unspecified atom stereocenters. The Morgan fingerprint density at radius 1 is 0.867 bits per heavy atom. The molecule has 0 bridgehead atoms. The number of hydrogen-bond donors (Lipinski definition) is 1. The second-order valence-electron chi connectivity index (χ2n) is 10.0. The van der Waals surface area contributed by atoms with Gasteiger partial charge in [-0.2, -0.15) is 5.10 Å². The van der Waals surface area contributed by atoms with Crippen LogP contribution in [0.25, 0.3) is 38.9 Å². The van der Waals surface area contributed by atoms with Gasteiger partial charge in [-0.15, -0.1) is 10.2 Å². The number of ether oxygens (including phenoxy) is 3. The van der Waals surface area contributed by atoms with E-state index in [1.165, 1.54) is 28.2 Å². The van der Waals surface area contributed by atoms with Gasteiger partial charge >= 0.3 is 0 Å². The highest BCUT2D eigenvalue weighted by molar-refractivity contribution is 7.99. The number of benzene rings is 4. The monoisotopic (exact) mass is 620 g/mol. The van der Waals surface area contributed by atoms with Gasteiger partial charge in [0, 0.05) is 39.6 Å². The summed E-state index contributed by atoms with van der Waals surface area (Å²) in [5.41, 5.74) is 7.46. The Balaban J connectivity index is 1.21. The zero-order chi connectivity index (χ0) is 31.3. The molecule has 0 spiro atoms. The molecule has 0 radical (unpaired) electrons. The van der Waals surface area contributed by atoms with E-state index < -0.39 is 0 Å². The molecule has 0 saturated carbocycles. The number of nitrogens with zero attached hydrogens (tertiary/aromatic N) is 5. The molecule has 0 atom stereocenters. The molecule has 0 aliphatic carbocycles. The number of thioether (sulfide) groups is 1. The van der Waals surface area contributed by atoms with Crippen molar-refractivity contribution >= 4 is 45.7 Å². The molecule has 1 N–H and O–H groups in total. The lowest BCUT2D eigenvalue weighted by atomic mass is 10.1. The third-order valence-corrected chi connectivity index (χ3v) is 8.35. The minimum absolute atomic E-state index is 0.0839. The maximum atomic E-state index is 12.8. The smallest absolute Gasteiger partial charge is 0.250 e. The van der Waals surface area contributed by atoms with Gasteiger partial charge in [0.2, 0.25) is 5.75 Å². The van der Waals surface area contributed by atoms with Crippen molar-refractivity contribution in [1.82, 2.24) is 24.8 Å². The molecule has 45 heavy (non-hydrogen) atoms. The lowest BCUT2D eigenvalue weighted by molar-refractivity contribution is -0.118. The zero-order valence-electron chi connectivity index (χ0n) is 25.4. The number of aromatic nitrogens is 4. The summed E-state index contributed by atoms with van der Waals surface area (Å²) >= 11 is 1.26. The number of nitrogens with one attached hydrogen (secondary N) is 1. The fraction of sp³-hybridized carbons (Fsp3) is 0.176. The van der Waals surface area contributed by atoms with Crippen LogP contribution in [0.3, 0.4) is 0 Å². The van der Waals surface area contributed by atoms with Crippen molar-refractivity contribution in [1.29, 1.82) is 0 Å². The van der Waals surface area contributed by atoms with Crippen LogP contribution in [0.1, 0.15) is 12.5 Å². The van der Waals surface area contributed by atoms with Crippen LogP contribution in [0.2, 0.25) is 0 Å². The minimum Gasteiger partial charge on any atom is -0.493 e. The second-order valence-corrected chi connectivity index (χ2v) is 11.0. The van der Waals surface area contributed by atoms with E-state index in [0.717, 1.165) is 23.2 Å². The second kappa shape index (κ2) is 13.1. The summed E-state index contributed by atoms with van der Waals surface area (Å²) in [5.74, 6) is 1.85. The third kappa shape index (κ3) is 5.82. The van der Waals surface area contributed by atoms with Gasteiger partial charge in [-0.25, -0.2) is 5.43 Å². The molecule has 2 aromatic heterocycles. The minimum atomic E-state index is -0.267. The quantitative estimate of drug-likeness (QED) is 0.103. The van der Waals surface area contributed by atoms with E-state index in [1.807, 2.05) is 59.2 Å². The zero-order valence-corrected chi connectivity index (χ0v) is 26.2. The topological polar surface area (TPSA) is 105 Å². The summed E-state index contributed by atoms with van der Waals surface area (Å²) in [6.45, 7) is 3.03. The van der Waals surface area contributed by atoms with Crippen molar-refractivity contribution in [2.75, 3.05) is 27.1 Å². The number of hydrogen-bond acceptors (Lipinski definition) is 8. The number of amides is 1. The SMILES string of the molecule is CCn1c2ccccc2c2cc(/C=N/NC(=O)CSc3nnc(-c4cc(OC)c(OC)c(OC)c4)n3-c3ccccc3)ccc21. The van der Waals surface area contributed by atoms with Crippen molar-refractivity contribution in [2.45, 2.75) is 18.6 Å². The maximum absolute atomic E-state index is 12.8. The first-order valence-electron chi connectivity index (χ1n) is 14.3. The average molecular weight is 621 g/mol. The first kappa shape index (κ1) is 29.8. The normalized spacial score (nSPS) is 11.4. The highest BCUT2D eigenvalue weighted by atomic mass is 32.2. The van der Waals surface area contributed by atoms with Gasteiger partial charge in [-0.05, 0) is 55.0 Å². The molecule has 1 amide bonds. The van der Waals surface area contributed by atoms with Crippen molar-refractivity contribution < 1.29 is 19.0 Å². The average Bonchev–Trinajstić information content (AvgIpc) is 3.65. The van der Waals surface area contributed by atoms with Gasteiger partial charge in [0.05, 0.1) is 33.3 Å². The Kier molecular flexibility index (Phi) is 8.70. The molecule has 228 valence electrons. The van der Waals surface area contributed by atoms with E-state index in [2.05, 4.69) is 62.5 Å². The lowest BCUT2D eigenvalue weighted by Crippen LogP contribution is -2.20. The van der Waals surface area contributed by atoms with Crippen molar-refractivity contribution in [3.63, 3.8) is 0 Å². The molecule has 4 aromatic carbocycles. The van der Waals surface area contributed by atoms with E-state index in [1.54, 1.807) is 27.5 Å². The van der Waals surface area contributed by atoms with Crippen molar-refractivity contribution in [2.24, 2.45) is 5.10 Å². The van der Waals surface area contributed by atoms with E-state index in [-0.39, 0.29) is 11.7 Å². The standard InChI is InChI=1S/C34H32N6O4S/c1-5-39-27-14-10-9-13-25(27)26-17-22(15-16-28(26)39)20-35-36-31(41)21-45-34-38-37-33(40(34)24-11-7-6-8-12-24)23-18-29(42-2)32(44-4)30(19-23)43-3/h6-20H,5,21H2,1-4H3,(H,36,41)/b35-20+. The van der Waals surface area contributed by atoms with Gasteiger partial charge in [0.25, 0.3) is 5.91 Å². The number of carbonyl (C=O) groups is 1. The lowest BCUT2D eigenvalue weighted by Gasteiger charge is -2.15. The Morgan fingerprint density at radius 2 is 1.58 bits per heavy atom. The Morgan fingerprint density at radius 3 is 2.29 bits per heavy atom. The highest BCUT2D eigenvalue weighted by Gasteiger charge is 2.21. The number of rotatable bonds is 11. The van der Waals surface area contributed by atoms with Crippen LogP contribution in [-0.2, 0) is 11.3 Å². The van der Waals surface area contributed by atoms with Crippen LogP contribution >= 0.6 is 11.8 Å².